The van der Waals surface area contributed by atoms with Crippen LogP contribution in [0.4, 0.5) is 0 Å². The van der Waals surface area contributed by atoms with Crippen LogP contribution in [-0.2, 0) is 21.4 Å². The minimum Gasteiger partial charge on any atom is -0.452 e. The van der Waals surface area contributed by atoms with Gasteiger partial charge in [0.05, 0.1) is 16.8 Å². The van der Waals surface area contributed by atoms with E-state index >= 15 is 0 Å². The molecule has 1 amide bonds. The molecular formula is C31H34N2O3. The first kappa shape index (κ1) is 24.2. The van der Waals surface area contributed by atoms with Crippen LogP contribution in [0.2, 0.25) is 0 Å². The van der Waals surface area contributed by atoms with Gasteiger partial charge < -0.3 is 10.1 Å². The predicted octanol–water partition coefficient (Wildman–Crippen LogP) is 6.23. The minimum atomic E-state index is -0.456. The SMILES string of the molecule is CC(C)(C)c1ccc(C=C2CCc3c2nc2ccccc2c3C(=O)OCC(=O)NC2CCCC2)cc1. The number of amides is 1. The summed E-state index contributed by atoms with van der Waals surface area (Å²) in [6.45, 7) is 6.37. The van der Waals surface area contributed by atoms with Gasteiger partial charge in [0, 0.05) is 11.4 Å². The molecule has 5 rings (SSSR count). The molecule has 0 radical (unpaired) electrons. The monoisotopic (exact) mass is 482 g/mol. The zero-order valence-corrected chi connectivity index (χ0v) is 21.4. The number of allylic oxidation sites excluding steroid dienone is 1. The lowest BCUT2D eigenvalue weighted by molar-refractivity contribution is -0.124. The minimum absolute atomic E-state index is 0.107. The van der Waals surface area contributed by atoms with Crippen molar-refractivity contribution in [3.05, 3.63) is 76.5 Å². The molecule has 2 aliphatic rings. The fraction of sp³-hybridized carbons (Fsp3) is 0.387. The van der Waals surface area contributed by atoms with Crippen molar-refractivity contribution in [3.8, 4) is 0 Å². The number of aromatic nitrogens is 1. The number of carbonyl (C=O) groups is 2. The number of pyridine rings is 1. The van der Waals surface area contributed by atoms with Gasteiger partial charge in [0.25, 0.3) is 5.91 Å². The standard InChI is InChI=1S/C31H34N2O3/c1-31(2,3)22-15-12-20(13-16-22)18-21-14-17-25-28(24-10-6-7-11-26(24)33-29(21)25)30(35)36-19-27(34)32-23-8-4-5-9-23/h6-7,10-13,15-16,18,23H,4-5,8-9,14,17,19H2,1-3H3,(H,32,34). The molecule has 0 aliphatic heterocycles. The second-order valence-electron chi connectivity index (χ2n) is 11.0. The van der Waals surface area contributed by atoms with Crippen LogP contribution in [0.15, 0.2) is 48.5 Å². The fourth-order valence-electron chi connectivity index (χ4n) is 5.34. The summed E-state index contributed by atoms with van der Waals surface area (Å²) in [6, 6.07) is 16.5. The number of ether oxygens (including phenoxy) is 1. The molecule has 0 saturated heterocycles. The number of hydrogen-bond acceptors (Lipinski definition) is 4. The van der Waals surface area contributed by atoms with Gasteiger partial charge >= 0.3 is 5.97 Å². The first-order chi connectivity index (χ1) is 17.3. The Hall–Kier alpha value is -3.47. The summed E-state index contributed by atoms with van der Waals surface area (Å²) in [4.78, 5) is 30.6. The maximum absolute atomic E-state index is 13.3. The van der Waals surface area contributed by atoms with Crippen molar-refractivity contribution in [2.45, 2.75) is 70.8 Å². The number of rotatable bonds is 5. The summed E-state index contributed by atoms with van der Waals surface area (Å²) in [5, 5.41) is 3.76. The molecule has 1 heterocycles. The van der Waals surface area contributed by atoms with Crippen molar-refractivity contribution in [1.82, 2.24) is 10.3 Å². The summed E-state index contributed by atoms with van der Waals surface area (Å²) in [7, 11) is 0. The van der Waals surface area contributed by atoms with Crippen LogP contribution in [0.25, 0.3) is 22.6 Å². The average Bonchev–Trinajstić information content (AvgIpc) is 3.51. The van der Waals surface area contributed by atoms with Gasteiger partial charge in [0.1, 0.15) is 0 Å². The zero-order valence-electron chi connectivity index (χ0n) is 21.4. The number of fused-ring (bicyclic) bond motifs is 2. The molecule has 1 N–H and O–H groups in total. The van der Waals surface area contributed by atoms with E-state index in [-0.39, 0.29) is 24.0 Å². The molecule has 0 bridgehead atoms. The van der Waals surface area contributed by atoms with Crippen LogP contribution in [-0.4, -0.2) is 29.5 Å². The molecule has 1 saturated carbocycles. The highest BCUT2D eigenvalue weighted by molar-refractivity contribution is 6.07. The molecule has 2 aliphatic carbocycles. The molecule has 36 heavy (non-hydrogen) atoms. The molecule has 186 valence electrons. The summed E-state index contributed by atoms with van der Waals surface area (Å²) < 4.78 is 5.53. The Morgan fingerprint density at radius 1 is 1.03 bits per heavy atom. The first-order valence-electron chi connectivity index (χ1n) is 13.0. The Bertz CT molecular complexity index is 1330. The summed E-state index contributed by atoms with van der Waals surface area (Å²) in [5.74, 6) is -0.688. The number of nitrogens with zero attached hydrogens (tertiary/aromatic N) is 1. The predicted molar refractivity (Wildman–Crippen MR) is 144 cm³/mol. The van der Waals surface area contributed by atoms with Gasteiger partial charge in [-0.1, -0.05) is 76.1 Å². The van der Waals surface area contributed by atoms with Gasteiger partial charge in [-0.05, 0) is 65.5 Å². The number of esters is 1. The van der Waals surface area contributed by atoms with Crippen molar-refractivity contribution >= 4 is 34.4 Å². The van der Waals surface area contributed by atoms with Gasteiger partial charge in [0.15, 0.2) is 6.61 Å². The van der Waals surface area contributed by atoms with E-state index in [9.17, 15) is 9.59 Å². The molecule has 0 spiro atoms. The van der Waals surface area contributed by atoms with E-state index in [1.54, 1.807) is 0 Å². The van der Waals surface area contributed by atoms with Crippen molar-refractivity contribution in [2.75, 3.05) is 6.61 Å². The van der Waals surface area contributed by atoms with Crippen molar-refractivity contribution in [3.63, 3.8) is 0 Å². The highest BCUT2D eigenvalue weighted by Crippen LogP contribution is 2.38. The molecule has 5 nitrogen and oxygen atoms in total. The van der Waals surface area contributed by atoms with Crippen LogP contribution in [0.1, 0.15) is 85.6 Å². The van der Waals surface area contributed by atoms with Gasteiger partial charge in [0.2, 0.25) is 0 Å². The Morgan fingerprint density at radius 2 is 1.75 bits per heavy atom. The maximum atomic E-state index is 13.3. The Balaban J connectivity index is 1.43. The molecule has 1 aromatic heterocycles. The number of hydrogen-bond donors (Lipinski definition) is 1. The maximum Gasteiger partial charge on any atom is 0.339 e. The topological polar surface area (TPSA) is 68.3 Å². The fourth-order valence-corrected chi connectivity index (χ4v) is 5.34. The second kappa shape index (κ2) is 9.88. The molecule has 2 aromatic carbocycles. The van der Waals surface area contributed by atoms with Gasteiger partial charge in [-0.2, -0.15) is 0 Å². The molecule has 5 heteroatoms. The largest absolute Gasteiger partial charge is 0.452 e. The van der Waals surface area contributed by atoms with Crippen molar-refractivity contribution in [1.29, 1.82) is 0 Å². The van der Waals surface area contributed by atoms with Gasteiger partial charge in [-0.15, -0.1) is 0 Å². The second-order valence-corrected chi connectivity index (χ2v) is 11.0. The number of carbonyl (C=O) groups excluding carboxylic acids is 2. The first-order valence-corrected chi connectivity index (χ1v) is 13.0. The van der Waals surface area contributed by atoms with Crippen LogP contribution in [0.5, 0.6) is 0 Å². The van der Waals surface area contributed by atoms with E-state index < -0.39 is 5.97 Å². The van der Waals surface area contributed by atoms with E-state index in [4.69, 9.17) is 9.72 Å². The van der Waals surface area contributed by atoms with Crippen LogP contribution >= 0.6 is 0 Å². The third-order valence-corrected chi connectivity index (χ3v) is 7.32. The summed E-state index contributed by atoms with van der Waals surface area (Å²) in [5.41, 5.74) is 6.70. The van der Waals surface area contributed by atoms with Crippen LogP contribution in [0.3, 0.4) is 0 Å². The highest BCUT2D eigenvalue weighted by Gasteiger charge is 2.28. The molecule has 0 atom stereocenters. The highest BCUT2D eigenvalue weighted by atomic mass is 16.5. The van der Waals surface area contributed by atoms with Crippen molar-refractivity contribution in [2.24, 2.45) is 0 Å². The number of para-hydroxylation sites is 1. The lowest BCUT2D eigenvalue weighted by Gasteiger charge is -2.18. The average molecular weight is 483 g/mol. The third kappa shape index (κ3) is 5.06. The Kier molecular flexibility index (Phi) is 6.65. The molecule has 3 aromatic rings. The van der Waals surface area contributed by atoms with E-state index in [2.05, 4.69) is 56.4 Å². The van der Waals surface area contributed by atoms with E-state index in [0.29, 0.717) is 5.56 Å². The number of benzene rings is 2. The quantitative estimate of drug-likeness (QED) is 0.438. The van der Waals surface area contributed by atoms with Gasteiger partial charge in [-0.25, -0.2) is 9.78 Å². The van der Waals surface area contributed by atoms with E-state index in [1.807, 2.05) is 24.3 Å². The van der Waals surface area contributed by atoms with E-state index in [0.717, 1.165) is 71.8 Å². The summed E-state index contributed by atoms with van der Waals surface area (Å²) >= 11 is 0. The Morgan fingerprint density at radius 3 is 2.47 bits per heavy atom. The van der Waals surface area contributed by atoms with Gasteiger partial charge in [-0.3, -0.25) is 4.79 Å². The van der Waals surface area contributed by atoms with E-state index in [1.165, 1.54) is 5.56 Å². The van der Waals surface area contributed by atoms with Crippen molar-refractivity contribution < 1.29 is 14.3 Å². The lowest BCUT2D eigenvalue weighted by Crippen LogP contribution is -2.36. The summed E-state index contributed by atoms with van der Waals surface area (Å²) in [6.07, 6.45) is 7.96. The Labute approximate surface area is 213 Å². The molecular weight excluding hydrogens is 448 g/mol. The zero-order chi connectivity index (χ0) is 25.3. The normalized spacial score (nSPS) is 16.9. The smallest absolute Gasteiger partial charge is 0.339 e. The molecule has 1 fully saturated rings. The number of nitrogens with one attached hydrogen (secondary N) is 1. The van der Waals surface area contributed by atoms with Crippen LogP contribution < -0.4 is 5.32 Å². The lowest BCUT2D eigenvalue weighted by atomic mass is 9.86. The molecule has 0 unspecified atom stereocenters. The third-order valence-electron chi connectivity index (χ3n) is 7.32. The van der Waals surface area contributed by atoms with Crippen LogP contribution in [0, 0.1) is 0 Å².